The number of nitrogens with zero attached hydrogens (tertiary/aromatic N) is 2. The van der Waals surface area contributed by atoms with E-state index in [1.165, 1.54) is 4.70 Å². The third-order valence-corrected chi connectivity index (χ3v) is 14.1. The number of fused-ring (bicyclic) bond motifs is 9. The highest BCUT2D eigenvalue weighted by Gasteiger charge is 2.25. The van der Waals surface area contributed by atoms with Gasteiger partial charge in [0.25, 0.3) is 0 Å². The van der Waals surface area contributed by atoms with Crippen LogP contribution in [0.2, 0.25) is 0 Å². The van der Waals surface area contributed by atoms with Gasteiger partial charge in [-0.3, -0.25) is 0 Å². The Morgan fingerprint density at radius 3 is 1.61 bits per heavy atom. The van der Waals surface area contributed by atoms with Crippen LogP contribution < -0.4 is 38.2 Å². The van der Waals surface area contributed by atoms with Crippen molar-refractivity contribution in [2.75, 3.05) is 0 Å². The molecule has 3 aromatic heterocycles. The van der Waals surface area contributed by atoms with E-state index in [4.69, 9.17) is 54.9 Å². The number of benzene rings is 9. The summed E-state index contributed by atoms with van der Waals surface area (Å²) in [5, 5.41) is 5.49. The van der Waals surface area contributed by atoms with E-state index >= 15 is 0 Å². The summed E-state index contributed by atoms with van der Waals surface area (Å²) in [6, 6.07) is 57.1. The molecule has 2 nitrogen and oxygen atoms in total. The Morgan fingerprint density at radius 1 is 0.312 bits per heavy atom. The Bertz CT molecular complexity index is 3910. The van der Waals surface area contributed by atoms with Gasteiger partial charge in [-0.1, -0.05) is 137 Å². The summed E-state index contributed by atoms with van der Waals surface area (Å²) in [5.74, 6) is 0. The van der Waals surface area contributed by atoms with Gasteiger partial charge in [-0.2, -0.15) is 0 Å². The van der Waals surface area contributed by atoms with E-state index < -0.39 is 0 Å². The maximum absolute atomic E-state index is 7.41. The Hall–Kier alpha value is -6.75. The van der Waals surface area contributed by atoms with Crippen molar-refractivity contribution in [2.45, 2.75) is 0 Å². The quantitative estimate of drug-likeness (QED) is 0.169. The summed E-state index contributed by atoms with van der Waals surface area (Å²) in [7, 11) is 48.9. The standard InChI is InChI=1S/C54H27B7N2S/c55-46-43(47(56)51(60)53-44(46)45-48(57)49(58)50(59)52(61)54(45)63(53)34-21-24-42-38(27-34)36-13-7-8-14-41(36)64-42)32-18-23-39-37(25-32)35-22-17-31(29-11-5-2-6-12-29)26-40(35)62(39)33-19-15-30(16-20-33)28-9-3-1-4-10-28/h1-27H. The van der Waals surface area contributed by atoms with Crippen molar-refractivity contribution >= 4 is 168 Å². The van der Waals surface area contributed by atoms with Crippen LogP contribution in [0.4, 0.5) is 0 Å². The molecule has 0 unspecified atom stereocenters. The highest BCUT2D eigenvalue weighted by molar-refractivity contribution is 7.25. The predicted octanol–water partition coefficient (Wildman–Crippen LogP) is 6.81. The van der Waals surface area contributed by atoms with Gasteiger partial charge in [0, 0.05) is 58.7 Å². The molecule has 0 spiro atoms. The monoisotopic (exact) mass is 812 g/mol. The Morgan fingerprint density at radius 2 is 0.875 bits per heavy atom. The molecule has 0 fully saturated rings. The summed E-state index contributed by atoms with van der Waals surface area (Å²) >= 11 is 1.74. The third-order valence-electron chi connectivity index (χ3n) is 12.9. The largest absolute Gasteiger partial charge is 0.311 e. The molecular formula is C54H27B7N2S. The van der Waals surface area contributed by atoms with Crippen LogP contribution in [0, 0.1) is 0 Å². The summed E-state index contributed by atoms with van der Waals surface area (Å²) in [6.45, 7) is 0. The van der Waals surface area contributed by atoms with Gasteiger partial charge < -0.3 is 9.13 Å². The summed E-state index contributed by atoms with van der Waals surface area (Å²) < 4.78 is 6.63. The fourth-order valence-corrected chi connectivity index (χ4v) is 10.9. The van der Waals surface area contributed by atoms with Crippen molar-refractivity contribution in [1.29, 1.82) is 0 Å². The number of hydrogen-bond acceptors (Lipinski definition) is 1. The van der Waals surface area contributed by atoms with E-state index in [2.05, 4.69) is 138 Å². The summed E-state index contributed by atoms with van der Waals surface area (Å²) in [5.41, 5.74) is 12.9. The molecule has 0 amide bonds. The van der Waals surface area contributed by atoms with Crippen molar-refractivity contribution in [3.8, 4) is 44.8 Å². The number of hydrogen-bond donors (Lipinski definition) is 0. The van der Waals surface area contributed by atoms with E-state index in [-0.39, 0.29) is 21.9 Å². The zero-order chi connectivity index (χ0) is 43.5. The first-order valence-corrected chi connectivity index (χ1v) is 21.8. The lowest BCUT2D eigenvalue weighted by Crippen LogP contribution is -2.48. The van der Waals surface area contributed by atoms with Crippen LogP contribution in [-0.4, -0.2) is 64.1 Å². The lowest BCUT2D eigenvalue weighted by Gasteiger charge is -2.19. The van der Waals surface area contributed by atoms with Crippen molar-refractivity contribution in [3.05, 3.63) is 164 Å². The van der Waals surface area contributed by atoms with E-state index in [9.17, 15) is 0 Å². The van der Waals surface area contributed by atoms with Gasteiger partial charge in [0.1, 0.15) is 54.9 Å². The average molecular weight is 812 g/mol. The normalized spacial score (nSPS) is 11.9. The second-order valence-electron chi connectivity index (χ2n) is 16.4. The van der Waals surface area contributed by atoms with Crippen molar-refractivity contribution < 1.29 is 0 Å². The van der Waals surface area contributed by atoms with Crippen LogP contribution in [0.3, 0.4) is 0 Å². The maximum Gasteiger partial charge on any atom is 0.115 e. The van der Waals surface area contributed by atoms with Gasteiger partial charge in [-0.15, -0.1) is 22.3 Å². The molecule has 12 rings (SSSR count). The summed E-state index contributed by atoms with van der Waals surface area (Å²) in [4.78, 5) is 0. The molecule has 10 heteroatoms. The Labute approximate surface area is 383 Å². The topological polar surface area (TPSA) is 9.86 Å². The molecule has 14 radical (unpaired) electrons. The van der Waals surface area contributed by atoms with Crippen molar-refractivity contribution in [2.24, 2.45) is 0 Å². The third kappa shape index (κ3) is 5.68. The van der Waals surface area contributed by atoms with Crippen LogP contribution >= 0.6 is 11.3 Å². The van der Waals surface area contributed by atoms with Gasteiger partial charge in [0.2, 0.25) is 0 Å². The minimum atomic E-state index is 0.181. The first kappa shape index (κ1) is 38.9. The maximum atomic E-state index is 7.41. The first-order chi connectivity index (χ1) is 31.2. The van der Waals surface area contributed by atoms with Gasteiger partial charge in [-0.25, -0.2) is 0 Å². The van der Waals surface area contributed by atoms with Gasteiger partial charge in [0.05, 0.1) is 11.0 Å². The lowest BCUT2D eigenvalue weighted by molar-refractivity contribution is 1.18. The molecule has 0 saturated heterocycles. The molecule has 0 N–H and O–H groups in total. The molecule has 0 aliphatic rings. The molecule has 3 heterocycles. The molecule has 280 valence electrons. The number of aromatic nitrogens is 2. The van der Waals surface area contributed by atoms with E-state index in [1.807, 2.05) is 34.9 Å². The van der Waals surface area contributed by atoms with Crippen molar-refractivity contribution in [3.63, 3.8) is 0 Å². The van der Waals surface area contributed by atoms with Crippen LogP contribution in [0.1, 0.15) is 0 Å². The van der Waals surface area contributed by atoms with Gasteiger partial charge >= 0.3 is 0 Å². The molecule has 12 aromatic rings. The smallest absolute Gasteiger partial charge is 0.115 e. The molecule has 64 heavy (non-hydrogen) atoms. The zero-order valence-corrected chi connectivity index (χ0v) is 35.2. The van der Waals surface area contributed by atoms with Crippen LogP contribution in [0.15, 0.2) is 164 Å². The van der Waals surface area contributed by atoms with Crippen LogP contribution in [0.5, 0.6) is 0 Å². The Balaban J connectivity index is 1.11. The highest BCUT2D eigenvalue weighted by Crippen LogP contribution is 2.39. The molecule has 0 saturated carbocycles. The van der Waals surface area contributed by atoms with Crippen LogP contribution in [0.25, 0.3) is 109 Å². The number of rotatable bonds is 5. The molecule has 9 aromatic carbocycles. The molecule has 0 atom stereocenters. The lowest BCUT2D eigenvalue weighted by atomic mass is 9.64. The summed E-state index contributed by atoms with van der Waals surface area (Å²) in [6.07, 6.45) is 0. The fourth-order valence-electron chi connectivity index (χ4n) is 9.81. The van der Waals surface area contributed by atoms with Crippen molar-refractivity contribution in [1.82, 2.24) is 9.13 Å². The van der Waals surface area contributed by atoms with E-state index in [1.54, 1.807) is 11.3 Å². The minimum absolute atomic E-state index is 0.181. The molecular weight excluding hydrogens is 784 g/mol. The molecule has 0 bridgehead atoms. The van der Waals surface area contributed by atoms with E-state index in [0.29, 0.717) is 43.8 Å². The molecule has 0 aliphatic carbocycles. The second-order valence-corrected chi connectivity index (χ2v) is 17.5. The zero-order valence-electron chi connectivity index (χ0n) is 34.4. The van der Waals surface area contributed by atoms with Gasteiger partial charge in [0.15, 0.2) is 0 Å². The van der Waals surface area contributed by atoms with Crippen LogP contribution in [-0.2, 0) is 0 Å². The van der Waals surface area contributed by atoms with Gasteiger partial charge in [-0.05, 0) is 93.4 Å². The second kappa shape index (κ2) is 14.7. The predicted molar refractivity (Wildman–Crippen MR) is 282 cm³/mol. The minimum Gasteiger partial charge on any atom is -0.311 e. The number of thiophene rings is 1. The molecule has 0 aliphatic heterocycles. The Kier molecular flexibility index (Phi) is 8.91. The van der Waals surface area contributed by atoms with E-state index in [0.717, 1.165) is 76.5 Å². The average Bonchev–Trinajstić information content (AvgIpc) is 4.00. The SMILES string of the molecule is [B]c1c([B])c([B])c2c(c1[B])c1c([B])c(-c3ccc4c(c3)c3ccc(-c5ccccc5)cc3n4-c3ccc(-c4ccccc4)cc3)c([B])c([B])c1n2-c1ccc2sc3ccccc3c2c1. The fraction of sp³-hybridized carbons (Fsp3) is 0. The highest BCUT2D eigenvalue weighted by atomic mass is 32.1. The first-order valence-electron chi connectivity index (χ1n) is 21.0.